The van der Waals surface area contributed by atoms with Gasteiger partial charge < -0.3 is 4.57 Å². The van der Waals surface area contributed by atoms with Crippen LogP contribution >= 0.6 is 0 Å². The summed E-state index contributed by atoms with van der Waals surface area (Å²) in [6, 6.07) is 81.8. The van der Waals surface area contributed by atoms with Crippen LogP contribution in [0, 0.1) is 0 Å². The largest absolute Gasteiger partial charge is 0.309 e. The smallest absolute Gasteiger partial charge is 0.0541 e. The van der Waals surface area contributed by atoms with Crippen LogP contribution in [0.4, 0.5) is 0 Å². The molecule has 1 heterocycles. The Balaban J connectivity index is 1.01. The van der Waals surface area contributed by atoms with E-state index in [0.29, 0.717) is 0 Å². The summed E-state index contributed by atoms with van der Waals surface area (Å²) in [5, 5.41) is 7.56. The quantitative estimate of drug-likeness (QED) is 0.151. The summed E-state index contributed by atoms with van der Waals surface area (Å²) >= 11 is 0. The van der Waals surface area contributed by atoms with Gasteiger partial charge in [0.2, 0.25) is 0 Å². The van der Waals surface area contributed by atoms with Gasteiger partial charge in [0, 0.05) is 16.5 Å². The van der Waals surface area contributed by atoms with Gasteiger partial charge in [0.05, 0.1) is 11.0 Å². The molecule has 0 saturated heterocycles. The molecule has 0 fully saturated rings. The third kappa shape index (κ3) is 5.63. The third-order valence-corrected chi connectivity index (χ3v) is 11.6. The highest BCUT2D eigenvalue weighted by molar-refractivity contribution is 6.21. The van der Waals surface area contributed by atoms with E-state index in [-0.39, 0.29) is 0 Å². The molecule has 0 unspecified atom stereocenters. The zero-order valence-corrected chi connectivity index (χ0v) is 31.3. The molecule has 0 amide bonds. The zero-order valence-electron chi connectivity index (χ0n) is 31.3. The maximum atomic E-state index is 2.42. The van der Waals surface area contributed by atoms with Crippen molar-refractivity contribution < 1.29 is 0 Å². The SMILES string of the molecule is c1ccc(-c2cccc(-c3cccc(-c4ccc5c(c4)c4ccccc4n5-c4ccc(-c5c6ccccc6c(-c6ccccc6)c6ccccc56)cc4)c3)c2)cc1. The Labute approximate surface area is 332 Å². The van der Waals surface area contributed by atoms with Gasteiger partial charge in [-0.2, -0.15) is 0 Å². The molecule has 11 aromatic rings. The first kappa shape index (κ1) is 32.9. The van der Waals surface area contributed by atoms with E-state index in [1.807, 2.05) is 0 Å². The van der Waals surface area contributed by atoms with Crippen molar-refractivity contribution in [1.82, 2.24) is 4.57 Å². The topological polar surface area (TPSA) is 4.93 Å². The van der Waals surface area contributed by atoms with E-state index in [4.69, 9.17) is 0 Å². The minimum atomic E-state index is 1.15. The molecule has 0 aliphatic heterocycles. The van der Waals surface area contributed by atoms with Crippen molar-refractivity contribution in [3.63, 3.8) is 0 Å². The third-order valence-electron chi connectivity index (χ3n) is 11.6. The van der Waals surface area contributed by atoms with Crippen molar-refractivity contribution >= 4 is 43.4 Å². The second-order valence-corrected chi connectivity index (χ2v) is 14.9. The number of fused-ring (bicyclic) bond motifs is 5. The molecule has 266 valence electrons. The van der Waals surface area contributed by atoms with Crippen LogP contribution in [0.3, 0.4) is 0 Å². The molecule has 0 aliphatic rings. The minimum absolute atomic E-state index is 1.15. The number of nitrogens with zero attached hydrogens (tertiary/aromatic N) is 1. The Morgan fingerprint density at radius 3 is 1.12 bits per heavy atom. The van der Waals surface area contributed by atoms with Crippen LogP contribution in [-0.2, 0) is 0 Å². The minimum Gasteiger partial charge on any atom is -0.309 e. The fraction of sp³-hybridized carbons (Fsp3) is 0. The second-order valence-electron chi connectivity index (χ2n) is 14.9. The first-order chi connectivity index (χ1) is 28.3. The maximum absolute atomic E-state index is 2.42. The summed E-state index contributed by atoms with van der Waals surface area (Å²) in [7, 11) is 0. The summed E-state index contributed by atoms with van der Waals surface area (Å²) in [6.07, 6.45) is 0. The van der Waals surface area contributed by atoms with Gasteiger partial charge in [0.15, 0.2) is 0 Å². The van der Waals surface area contributed by atoms with Crippen LogP contribution in [-0.4, -0.2) is 4.57 Å². The monoisotopic (exact) mass is 723 g/mol. The van der Waals surface area contributed by atoms with E-state index in [9.17, 15) is 0 Å². The summed E-state index contributed by atoms with van der Waals surface area (Å²) < 4.78 is 2.42. The summed E-state index contributed by atoms with van der Waals surface area (Å²) in [5.74, 6) is 0. The lowest BCUT2D eigenvalue weighted by Gasteiger charge is -2.18. The molecular weight excluding hydrogens is 687 g/mol. The molecule has 0 radical (unpaired) electrons. The maximum Gasteiger partial charge on any atom is 0.0541 e. The number of para-hydroxylation sites is 1. The van der Waals surface area contributed by atoms with E-state index < -0.39 is 0 Å². The van der Waals surface area contributed by atoms with Crippen molar-refractivity contribution in [3.8, 4) is 61.3 Å². The molecule has 57 heavy (non-hydrogen) atoms. The molecule has 1 aromatic heterocycles. The Hall–Kier alpha value is -7.48. The average Bonchev–Trinajstić information content (AvgIpc) is 3.62. The van der Waals surface area contributed by atoms with Gasteiger partial charge in [-0.15, -0.1) is 0 Å². The average molecular weight is 724 g/mol. The van der Waals surface area contributed by atoms with Gasteiger partial charge >= 0.3 is 0 Å². The van der Waals surface area contributed by atoms with Crippen LogP contribution < -0.4 is 0 Å². The first-order valence-electron chi connectivity index (χ1n) is 19.7. The highest BCUT2D eigenvalue weighted by atomic mass is 15.0. The van der Waals surface area contributed by atoms with Gasteiger partial charge in [0.1, 0.15) is 0 Å². The van der Waals surface area contributed by atoms with Gasteiger partial charge in [0.25, 0.3) is 0 Å². The van der Waals surface area contributed by atoms with E-state index >= 15 is 0 Å². The molecule has 0 N–H and O–H groups in total. The Bertz CT molecular complexity index is 3210. The van der Waals surface area contributed by atoms with Crippen molar-refractivity contribution in [3.05, 3.63) is 224 Å². The van der Waals surface area contributed by atoms with Crippen LogP contribution in [0.2, 0.25) is 0 Å². The zero-order chi connectivity index (χ0) is 37.7. The van der Waals surface area contributed by atoms with E-state index in [1.54, 1.807) is 0 Å². The van der Waals surface area contributed by atoms with Crippen molar-refractivity contribution in [2.75, 3.05) is 0 Å². The van der Waals surface area contributed by atoms with Crippen molar-refractivity contribution in [2.24, 2.45) is 0 Å². The Kier molecular flexibility index (Phi) is 7.89. The number of aromatic nitrogens is 1. The molecule has 0 spiro atoms. The molecular formula is C56H37N. The van der Waals surface area contributed by atoms with Gasteiger partial charge in [-0.05, 0) is 120 Å². The van der Waals surface area contributed by atoms with Crippen LogP contribution in [0.1, 0.15) is 0 Å². The lowest BCUT2D eigenvalue weighted by atomic mass is 9.86. The Morgan fingerprint density at radius 2 is 0.579 bits per heavy atom. The van der Waals surface area contributed by atoms with Crippen molar-refractivity contribution in [2.45, 2.75) is 0 Å². The number of benzene rings is 10. The molecule has 10 aromatic carbocycles. The number of hydrogen-bond donors (Lipinski definition) is 0. The van der Waals surface area contributed by atoms with Crippen LogP contribution in [0.25, 0.3) is 105 Å². The number of rotatable bonds is 6. The second kappa shape index (κ2) is 13.7. The molecule has 0 aliphatic carbocycles. The fourth-order valence-corrected chi connectivity index (χ4v) is 8.95. The fourth-order valence-electron chi connectivity index (χ4n) is 8.95. The number of hydrogen-bond acceptors (Lipinski definition) is 0. The van der Waals surface area contributed by atoms with Gasteiger partial charge in [-0.25, -0.2) is 0 Å². The van der Waals surface area contributed by atoms with Crippen LogP contribution in [0.15, 0.2) is 224 Å². The summed E-state index contributed by atoms with van der Waals surface area (Å²) in [6.45, 7) is 0. The molecule has 0 atom stereocenters. The Morgan fingerprint density at radius 1 is 0.211 bits per heavy atom. The van der Waals surface area contributed by atoms with Crippen LogP contribution in [0.5, 0.6) is 0 Å². The normalized spacial score (nSPS) is 11.5. The molecule has 0 saturated carbocycles. The molecule has 0 bridgehead atoms. The molecule has 1 heteroatoms. The predicted octanol–water partition coefficient (Wildman–Crippen LogP) is 15.4. The van der Waals surface area contributed by atoms with Crippen molar-refractivity contribution in [1.29, 1.82) is 0 Å². The highest BCUT2D eigenvalue weighted by Crippen LogP contribution is 2.44. The standard InChI is InChI=1S/C56H37N/c1-3-15-38(16-4-1)41-19-13-20-42(35-41)43-21-14-22-44(36-43)45-31-34-54-52(37-45)47-23-11-12-28-53(47)57(54)46-32-29-40(30-33-46)56-50-26-9-7-24-48(50)55(39-17-5-2-6-18-39)49-25-8-10-27-51(49)56/h1-37H. The molecule has 11 rings (SSSR count). The molecule has 1 nitrogen and oxygen atoms in total. The predicted molar refractivity (Wildman–Crippen MR) is 243 cm³/mol. The van der Waals surface area contributed by atoms with E-state index in [0.717, 1.165) is 5.69 Å². The van der Waals surface area contributed by atoms with E-state index in [2.05, 4.69) is 229 Å². The summed E-state index contributed by atoms with van der Waals surface area (Å²) in [5.41, 5.74) is 15.8. The van der Waals surface area contributed by atoms with E-state index in [1.165, 1.54) is 99.0 Å². The first-order valence-corrected chi connectivity index (χ1v) is 19.7. The lowest BCUT2D eigenvalue weighted by molar-refractivity contribution is 1.18. The van der Waals surface area contributed by atoms with Gasteiger partial charge in [-0.1, -0.05) is 182 Å². The summed E-state index contributed by atoms with van der Waals surface area (Å²) in [4.78, 5) is 0. The van der Waals surface area contributed by atoms with Gasteiger partial charge in [-0.3, -0.25) is 0 Å². The lowest BCUT2D eigenvalue weighted by Crippen LogP contribution is -1.94. The highest BCUT2D eigenvalue weighted by Gasteiger charge is 2.18.